The van der Waals surface area contributed by atoms with Gasteiger partial charge in [-0.2, -0.15) is 0 Å². The maximum Gasteiger partial charge on any atom is 0.191 e. The van der Waals surface area contributed by atoms with Crippen LogP contribution in [-0.2, 0) is 11.3 Å². The van der Waals surface area contributed by atoms with Crippen LogP contribution in [0.15, 0.2) is 23.3 Å². The van der Waals surface area contributed by atoms with Crippen LogP contribution in [0.25, 0.3) is 0 Å². The van der Waals surface area contributed by atoms with Gasteiger partial charge < -0.3 is 20.3 Å². The van der Waals surface area contributed by atoms with Crippen molar-refractivity contribution in [2.45, 2.75) is 64.5 Å². The molecule has 2 aliphatic rings. The number of aliphatic imine (C=N–C) groups is 1. The molecule has 6 nitrogen and oxygen atoms in total. The van der Waals surface area contributed by atoms with Gasteiger partial charge in [-0.05, 0) is 43.4 Å². The Morgan fingerprint density at radius 3 is 2.93 bits per heavy atom. The van der Waals surface area contributed by atoms with Crippen molar-refractivity contribution in [3.05, 3.63) is 23.9 Å². The largest absolute Gasteiger partial charge is 0.375 e. The molecule has 0 bridgehead atoms. The molecule has 1 saturated carbocycles. The second-order valence-electron chi connectivity index (χ2n) is 8.15. The first-order valence-corrected chi connectivity index (χ1v) is 11.0. The third-order valence-electron chi connectivity index (χ3n) is 5.86. The highest BCUT2D eigenvalue weighted by Gasteiger charge is 2.18. The van der Waals surface area contributed by atoms with Gasteiger partial charge in [-0.3, -0.25) is 4.99 Å². The summed E-state index contributed by atoms with van der Waals surface area (Å²) >= 11 is 0. The van der Waals surface area contributed by atoms with Crippen molar-refractivity contribution < 1.29 is 4.74 Å². The average Bonchev–Trinajstić information content (AvgIpc) is 2.74. The molecule has 0 spiro atoms. The second-order valence-corrected chi connectivity index (χ2v) is 8.15. The van der Waals surface area contributed by atoms with E-state index in [1.54, 1.807) is 0 Å². The lowest BCUT2D eigenvalue weighted by Crippen LogP contribution is -2.41. The second kappa shape index (κ2) is 11.2. The van der Waals surface area contributed by atoms with Gasteiger partial charge in [0, 0.05) is 39.4 Å². The van der Waals surface area contributed by atoms with E-state index in [2.05, 4.69) is 44.6 Å². The monoisotopic (exact) mass is 387 g/mol. The van der Waals surface area contributed by atoms with Gasteiger partial charge in [-0.1, -0.05) is 32.1 Å². The standard InChI is InChI=1S/C22H37N5O/c1-18-17-27(13-14-28-18)21-15-20(10-12-24-21)16-26-22(23-2)25-11-6-9-19-7-4-3-5-8-19/h10,12,15,18-19H,3-9,11,13-14,16-17H2,1-2H3,(H2,23,25,26). The Labute approximate surface area is 170 Å². The molecule has 3 rings (SSSR count). The van der Waals surface area contributed by atoms with Crippen LogP contribution in [0.5, 0.6) is 0 Å². The van der Waals surface area contributed by atoms with E-state index in [0.29, 0.717) is 0 Å². The number of nitrogens with one attached hydrogen (secondary N) is 2. The summed E-state index contributed by atoms with van der Waals surface area (Å²) in [7, 11) is 1.84. The van der Waals surface area contributed by atoms with E-state index in [1.165, 1.54) is 50.5 Å². The van der Waals surface area contributed by atoms with E-state index in [1.807, 2.05) is 13.2 Å². The molecular weight excluding hydrogens is 350 g/mol. The van der Waals surface area contributed by atoms with Gasteiger partial charge in [0.2, 0.25) is 0 Å². The van der Waals surface area contributed by atoms with Crippen LogP contribution in [0.2, 0.25) is 0 Å². The molecule has 2 N–H and O–H groups in total. The number of rotatable bonds is 7. The van der Waals surface area contributed by atoms with Crippen LogP contribution >= 0.6 is 0 Å². The molecule has 2 fully saturated rings. The van der Waals surface area contributed by atoms with Crippen LogP contribution in [0.1, 0.15) is 57.4 Å². The highest BCUT2D eigenvalue weighted by Crippen LogP contribution is 2.26. The molecular formula is C22H37N5O. The Morgan fingerprint density at radius 1 is 1.29 bits per heavy atom. The Bertz CT molecular complexity index is 615. The minimum absolute atomic E-state index is 0.258. The smallest absolute Gasteiger partial charge is 0.191 e. The normalized spacial score (nSPS) is 21.6. The van der Waals surface area contributed by atoms with Gasteiger partial charge in [0.1, 0.15) is 5.82 Å². The Hall–Kier alpha value is -1.82. The Morgan fingerprint density at radius 2 is 2.14 bits per heavy atom. The van der Waals surface area contributed by atoms with Gasteiger partial charge in [-0.15, -0.1) is 0 Å². The van der Waals surface area contributed by atoms with Crippen LogP contribution in [0.3, 0.4) is 0 Å². The minimum atomic E-state index is 0.258. The topological polar surface area (TPSA) is 61.8 Å². The summed E-state index contributed by atoms with van der Waals surface area (Å²) in [5, 5.41) is 6.89. The molecule has 156 valence electrons. The van der Waals surface area contributed by atoms with Gasteiger partial charge in [0.25, 0.3) is 0 Å². The van der Waals surface area contributed by atoms with Crippen LogP contribution in [0, 0.1) is 5.92 Å². The number of hydrogen-bond acceptors (Lipinski definition) is 4. The van der Waals surface area contributed by atoms with Crippen molar-refractivity contribution in [3.8, 4) is 0 Å². The zero-order valence-electron chi connectivity index (χ0n) is 17.6. The average molecular weight is 388 g/mol. The van der Waals surface area contributed by atoms with E-state index in [-0.39, 0.29) is 6.10 Å². The van der Waals surface area contributed by atoms with Crippen molar-refractivity contribution in [1.82, 2.24) is 15.6 Å². The molecule has 1 aliphatic carbocycles. The number of hydrogen-bond donors (Lipinski definition) is 2. The molecule has 2 heterocycles. The first kappa shape index (κ1) is 20.9. The zero-order valence-corrected chi connectivity index (χ0v) is 17.6. The van der Waals surface area contributed by atoms with E-state index in [4.69, 9.17) is 4.74 Å². The van der Waals surface area contributed by atoms with Gasteiger partial charge in [-0.25, -0.2) is 4.98 Å². The van der Waals surface area contributed by atoms with E-state index in [9.17, 15) is 0 Å². The third-order valence-corrected chi connectivity index (χ3v) is 5.86. The van der Waals surface area contributed by atoms with Crippen LogP contribution in [0.4, 0.5) is 5.82 Å². The van der Waals surface area contributed by atoms with Gasteiger partial charge in [0.15, 0.2) is 5.96 Å². The maximum absolute atomic E-state index is 5.63. The van der Waals surface area contributed by atoms with Crippen molar-refractivity contribution in [3.63, 3.8) is 0 Å². The lowest BCUT2D eigenvalue weighted by atomic mass is 9.86. The lowest BCUT2D eigenvalue weighted by Gasteiger charge is -2.32. The fourth-order valence-electron chi connectivity index (χ4n) is 4.25. The van der Waals surface area contributed by atoms with Crippen LogP contribution < -0.4 is 15.5 Å². The molecule has 0 aromatic carbocycles. The van der Waals surface area contributed by atoms with E-state index < -0.39 is 0 Å². The number of nitrogens with zero attached hydrogens (tertiary/aromatic N) is 3. The Kier molecular flexibility index (Phi) is 8.40. The van der Waals surface area contributed by atoms with E-state index >= 15 is 0 Å². The van der Waals surface area contributed by atoms with Crippen LogP contribution in [-0.4, -0.2) is 50.3 Å². The molecule has 1 atom stereocenters. The molecule has 0 amide bonds. The number of aromatic nitrogens is 1. The summed E-state index contributed by atoms with van der Waals surface area (Å²) < 4.78 is 5.63. The third kappa shape index (κ3) is 6.66. The molecule has 1 unspecified atom stereocenters. The number of guanidine groups is 1. The number of pyridine rings is 1. The van der Waals surface area contributed by atoms with Gasteiger partial charge >= 0.3 is 0 Å². The summed E-state index contributed by atoms with van der Waals surface area (Å²) in [6, 6.07) is 4.23. The van der Waals surface area contributed by atoms with Crippen molar-refractivity contribution in [2.75, 3.05) is 38.2 Å². The summed E-state index contributed by atoms with van der Waals surface area (Å²) in [6.45, 7) is 6.41. The zero-order chi connectivity index (χ0) is 19.6. The quantitative estimate of drug-likeness (QED) is 0.427. The summed E-state index contributed by atoms with van der Waals surface area (Å²) in [4.78, 5) is 11.2. The number of morpholine rings is 1. The molecule has 28 heavy (non-hydrogen) atoms. The number of ether oxygens (including phenoxy) is 1. The lowest BCUT2D eigenvalue weighted by molar-refractivity contribution is 0.0529. The minimum Gasteiger partial charge on any atom is -0.375 e. The highest BCUT2D eigenvalue weighted by atomic mass is 16.5. The number of anilines is 1. The SMILES string of the molecule is CN=C(NCCCC1CCCCC1)NCc1ccnc(N2CCOC(C)C2)c1. The van der Waals surface area contributed by atoms with Crippen molar-refractivity contribution in [1.29, 1.82) is 0 Å². The van der Waals surface area contributed by atoms with Gasteiger partial charge in [0.05, 0.1) is 12.7 Å². The molecule has 6 heteroatoms. The predicted molar refractivity (Wildman–Crippen MR) is 116 cm³/mol. The first-order valence-electron chi connectivity index (χ1n) is 11.0. The first-order chi connectivity index (χ1) is 13.7. The van der Waals surface area contributed by atoms with Crippen molar-refractivity contribution in [2.24, 2.45) is 10.9 Å². The predicted octanol–water partition coefficient (Wildman–Crippen LogP) is 3.33. The molecule has 0 radical (unpaired) electrons. The summed E-state index contributed by atoms with van der Waals surface area (Å²) in [5.74, 6) is 2.86. The Balaban J connectivity index is 1.40. The molecule has 1 aromatic heterocycles. The van der Waals surface area contributed by atoms with E-state index in [0.717, 1.165) is 50.5 Å². The highest BCUT2D eigenvalue weighted by molar-refractivity contribution is 5.79. The van der Waals surface area contributed by atoms with Crippen molar-refractivity contribution >= 4 is 11.8 Å². The molecule has 1 aliphatic heterocycles. The maximum atomic E-state index is 5.63. The summed E-state index contributed by atoms with van der Waals surface area (Å²) in [6.07, 6.45) is 11.9. The molecule has 1 aromatic rings. The summed E-state index contributed by atoms with van der Waals surface area (Å²) in [5.41, 5.74) is 1.22. The fraction of sp³-hybridized carbons (Fsp3) is 0.727. The fourth-order valence-corrected chi connectivity index (χ4v) is 4.25. The molecule has 1 saturated heterocycles.